The van der Waals surface area contributed by atoms with Crippen molar-refractivity contribution in [2.45, 2.75) is 109 Å². The molecule has 0 amide bonds. The van der Waals surface area contributed by atoms with Gasteiger partial charge in [-0.25, -0.2) is 0 Å². The lowest BCUT2D eigenvalue weighted by atomic mass is 9.99. The Kier molecular flexibility index (Phi) is 8.96. The molecule has 3 unspecified atom stereocenters. The molecule has 0 bridgehead atoms. The third-order valence-corrected chi connectivity index (χ3v) is 7.73. The molecule has 1 fully saturated rings. The summed E-state index contributed by atoms with van der Waals surface area (Å²) in [6.07, 6.45) is -2.67. The first-order valence-electron chi connectivity index (χ1n) is 10.3. The molecule has 1 saturated heterocycles. The van der Waals surface area contributed by atoms with Crippen LogP contribution in [0.25, 0.3) is 0 Å². The maximum Gasteiger partial charge on any atom is 0.184 e. The minimum Gasteiger partial charge on any atom is -0.415 e. The maximum atomic E-state index is 10.8. The fraction of sp³-hybridized carbons (Fsp3) is 1.00. The molecule has 1 aliphatic rings. The van der Waals surface area contributed by atoms with Crippen LogP contribution in [-0.4, -0.2) is 75.7 Å². The molecule has 1 rings (SSSR count). The van der Waals surface area contributed by atoms with E-state index in [2.05, 4.69) is 78.6 Å². The van der Waals surface area contributed by atoms with E-state index < -0.39 is 45.7 Å². The van der Waals surface area contributed by atoms with Crippen LogP contribution >= 0.6 is 0 Å². The third-order valence-electron chi connectivity index (χ3n) is 3.76. The van der Waals surface area contributed by atoms with E-state index in [0.717, 1.165) is 0 Å². The standard InChI is InChI=1S/C18H44O6Si4/c1-25(2,3)20-13-14-15(22-26(4,5)6)16(23-27(7,8)9)17(18(19)21-14)24-28(10,11)12/h14-19H,13H2,1-12H3/t14?,15-,16?,17?,18-/m0/s1. The van der Waals surface area contributed by atoms with Crippen molar-refractivity contribution in [2.24, 2.45) is 0 Å². The second kappa shape index (κ2) is 9.41. The third kappa shape index (κ3) is 10.1. The summed E-state index contributed by atoms with van der Waals surface area (Å²) in [5.74, 6) is 0. The average molecular weight is 469 g/mol. The highest BCUT2D eigenvalue weighted by molar-refractivity contribution is 6.71. The van der Waals surface area contributed by atoms with Gasteiger partial charge in [0.25, 0.3) is 0 Å². The van der Waals surface area contributed by atoms with Gasteiger partial charge in [0.1, 0.15) is 24.4 Å². The highest BCUT2D eigenvalue weighted by Crippen LogP contribution is 2.33. The van der Waals surface area contributed by atoms with Gasteiger partial charge in [-0.05, 0) is 78.6 Å². The molecule has 0 aliphatic carbocycles. The second-order valence-corrected chi connectivity index (χ2v) is 29.5. The van der Waals surface area contributed by atoms with Crippen LogP contribution in [0.3, 0.4) is 0 Å². The Hall–Kier alpha value is 0.628. The van der Waals surface area contributed by atoms with Crippen molar-refractivity contribution >= 4 is 33.3 Å². The molecular formula is C18H44O6Si4. The molecule has 6 nitrogen and oxygen atoms in total. The van der Waals surface area contributed by atoms with Crippen molar-refractivity contribution in [3.05, 3.63) is 0 Å². The molecule has 0 radical (unpaired) electrons. The normalized spacial score (nSPS) is 30.5. The summed E-state index contributed by atoms with van der Waals surface area (Å²) in [6.45, 7) is 26.1. The van der Waals surface area contributed by atoms with Gasteiger partial charge >= 0.3 is 0 Å². The number of hydrogen-bond acceptors (Lipinski definition) is 6. The van der Waals surface area contributed by atoms with Crippen molar-refractivity contribution in [3.8, 4) is 0 Å². The zero-order chi connectivity index (χ0) is 22.1. The molecule has 1 aliphatic heterocycles. The molecule has 168 valence electrons. The summed E-state index contributed by atoms with van der Waals surface area (Å²) in [5.41, 5.74) is 0. The molecule has 28 heavy (non-hydrogen) atoms. The Morgan fingerprint density at radius 3 is 1.39 bits per heavy atom. The molecule has 0 saturated carbocycles. The molecule has 1 heterocycles. The van der Waals surface area contributed by atoms with Gasteiger partial charge in [-0.15, -0.1) is 0 Å². The molecule has 1 N–H and O–H groups in total. The monoisotopic (exact) mass is 468 g/mol. The van der Waals surface area contributed by atoms with Crippen molar-refractivity contribution in [3.63, 3.8) is 0 Å². The van der Waals surface area contributed by atoms with Crippen molar-refractivity contribution in [2.75, 3.05) is 6.61 Å². The van der Waals surface area contributed by atoms with Gasteiger partial charge < -0.3 is 27.5 Å². The maximum absolute atomic E-state index is 10.8. The summed E-state index contributed by atoms with van der Waals surface area (Å²) in [7, 11) is -7.50. The summed E-state index contributed by atoms with van der Waals surface area (Å²) < 4.78 is 31.7. The summed E-state index contributed by atoms with van der Waals surface area (Å²) in [5, 5.41) is 10.8. The van der Waals surface area contributed by atoms with Gasteiger partial charge in [0.2, 0.25) is 0 Å². The Morgan fingerprint density at radius 1 is 0.607 bits per heavy atom. The van der Waals surface area contributed by atoms with E-state index in [1.807, 2.05) is 0 Å². The molecule has 0 aromatic rings. The van der Waals surface area contributed by atoms with Crippen LogP contribution < -0.4 is 0 Å². The average Bonchev–Trinajstić information content (AvgIpc) is 2.39. The number of aliphatic hydroxyl groups is 1. The van der Waals surface area contributed by atoms with Gasteiger partial charge in [0, 0.05) is 0 Å². The minimum absolute atomic E-state index is 0.320. The Balaban J connectivity index is 3.26. The number of hydrogen-bond donors (Lipinski definition) is 1. The first kappa shape index (κ1) is 26.7. The first-order chi connectivity index (χ1) is 12.3. The van der Waals surface area contributed by atoms with E-state index in [-0.39, 0.29) is 18.3 Å². The number of aliphatic hydroxyl groups excluding tert-OH is 1. The van der Waals surface area contributed by atoms with Crippen molar-refractivity contribution in [1.82, 2.24) is 0 Å². The van der Waals surface area contributed by atoms with Crippen LogP contribution in [0.15, 0.2) is 0 Å². The van der Waals surface area contributed by atoms with E-state index in [4.69, 9.17) is 22.4 Å². The lowest BCUT2D eigenvalue weighted by molar-refractivity contribution is -0.274. The molecular weight excluding hydrogens is 425 g/mol. The highest BCUT2D eigenvalue weighted by Gasteiger charge is 2.51. The molecule has 0 spiro atoms. The summed E-state index contributed by atoms with van der Waals surface area (Å²) in [4.78, 5) is 0. The topological polar surface area (TPSA) is 66.4 Å². The van der Waals surface area contributed by atoms with E-state index in [0.29, 0.717) is 6.61 Å². The summed E-state index contributed by atoms with van der Waals surface area (Å²) >= 11 is 0. The van der Waals surface area contributed by atoms with Crippen LogP contribution in [0.4, 0.5) is 0 Å². The smallest absolute Gasteiger partial charge is 0.184 e. The fourth-order valence-electron chi connectivity index (χ4n) is 2.99. The van der Waals surface area contributed by atoms with Gasteiger partial charge in [-0.2, -0.15) is 0 Å². The van der Waals surface area contributed by atoms with Gasteiger partial charge in [-0.3, -0.25) is 0 Å². The highest BCUT2D eigenvalue weighted by atomic mass is 28.4. The summed E-state index contributed by atoms with van der Waals surface area (Å²) in [6, 6.07) is 0. The number of rotatable bonds is 9. The lowest BCUT2D eigenvalue weighted by Gasteiger charge is -2.49. The minimum atomic E-state index is -1.94. The van der Waals surface area contributed by atoms with Crippen molar-refractivity contribution < 1.29 is 27.5 Å². The van der Waals surface area contributed by atoms with E-state index >= 15 is 0 Å². The largest absolute Gasteiger partial charge is 0.415 e. The zero-order valence-corrected chi connectivity index (χ0v) is 24.1. The van der Waals surface area contributed by atoms with E-state index in [1.165, 1.54) is 0 Å². The Morgan fingerprint density at radius 2 is 1.00 bits per heavy atom. The first-order valence-corrected chi connectivity index (χ1v) is 23.9. The zero-order valence-electron chi connectivity index (χ0n) is 20.1. The predicted molar refractivity (Wildman–Crippen MR) is 125 cm³/mol. The van der Waals surface area contributed by atoms with Crippen LogP contribution in [0.1, 0.15) is 0 Å². The van der Waals surface area contributed by atoms with E-state index in [9.17, 15) is 5.11 Å². The molecule has 5 atom stereocenters. The van der Waals surface area contributed by atoms with Crippen LogP contribution in [0, 0.1) is 0 Å². The second-order valence-electron chi connectivity index (χ2n) is 11.6. The Labute approximate surface area is 176 Å². The lowest BCUT2D eigenvalue weighted by Crippen LogP contribution is -2.66. The molecule has 10 heteroatoms. The molecule has 0 aromatic carbocycles. The number of ether oxygens (including phenoxy) is 1. The van der Waals surface area contributed by atoms with Gasteiger partial charge in [0.05, 0.1) is 6.61 Å². The van der Waals surface area contributed by atoms with Gasteiger partial charge in [-0.1, -0.05) is 0 Å². The van der Waals surface area contributed by atoms with E-state index in [1.54, 1.807) is 0 Å². The van der Waals surface area contributed by atoms with Crippen molar-refractivity contribution in [1.29, 1.82) is 0 Å². The quantitative estimate of drug-likeness (QED) is 0.511. The van der Waals surface area contributed by atoms with Crippen LogP contribution in [-0.2, 0) is 22.4 Å². The SMILES string of the molecule is C[Si](C)(C)OCC1O[C@H](O)C(O[Si](C)(C)C)C(O[Si](C)(C)C)[C@H]1O[Si](C)(C)C. The van der Waals surface area contributed by atoms with Gasteiger partial charge in [0.15, 0.2) is 39.6 Å². The van der Waals surface area contributed by atoms with Crippen LogP contribution in [0.2, 0.25) is 78.6 Å². The fourth-order valence-corrected chi connectivity index (χ4v) is 6.91. The Bertz CT molecular complexity index is 492. The van der Waals surface area contributed by atoms with Crippen LogP contribution in [0.5, 0.6) is 0 Å². The predicted octanol–water partition coefficient (Wildman–Crippen LogP) is 4.22. The molecule has 0 aromatic heterocycles.